The van der Waals surface area contributed by atoms with Gasteiger partial charge in [0.25, 0.3) is 0 Å². The third kappa shape index (κ3) is 4.80. The third-order valence-electron chi connectivity index (χ3n) is 1.74. The number of rotatable bonds is 5. The van der Waals surface area contributed by atoms with Crippen LogP contribution in [-0.4, -0.2) is 30.7 Å². The molecule has 8 heteroatoms. The Kier molecular flexibility index (Phi) is 4.80. The van der Waals surface area contributed by atoms with Crippen LogP contribution in [-0.2, 0) is 4.74 Å². The summed E-state index contributed by atoms with van der Waals surface area (Å²) in [5.74, 6) is -1.42. The molecule has 0 aliphatic carbocycles. The molecule has 1 N–H and O–H groups in total. The fraction of sp³-hybridized carbons (Fsp3) is 0.300. The van der Waals surface area contributed by atoms with Crippen molar-refractivity contribution in [1.29, 1.82) is 0 Å². The van der Waals surface area contributed by atoms with Crippen LogP contribution in [0.3, 0.4) is 0 Å². The van der Waals surface area contributed by atoms with E-state index in [2.05, 4.69) is 4.74 Å². The molecule has 1 rings (SSSR count). The SMILES string of the molecule is O=C(O)c1cc(Cl)ccc1OCOCC(F)(F)F. The van der Waals surface area contributed by atoms with Gasteiger partial charge in [-0.15, -0.1) is 0 Å². The summed E-state index contributed by atoms with van der Waals surface area (Å²) in [6, 6.07) is 3.72. The smallest absolute Gasteiger partial charge is 0.411 e. The van der Waals surface area contributed by atoms with Crippen LogP contribution in [0.4, 0.5) is 13.2 Å². The predicted octanol–water partition coefficient (Wildman–Crippen LogP) is 2.95. The van der Waals surface area contributed by atoms with E-state index in [1.54, 1.807) is 0 Å². The minimum absolute atomic E-state index is 0.117. The topological polar surface area (TPSA) is 55.8 Å². The van der Waals surface area contributed by atoms with Gasteiger partial charge in [0.2, 0.25) is 0 Å². The van der Waals surface area contributed by atoms with Crippen LogP contribution >= 0.6 is 11.6 Å². The molecular formula is C10H8ClF3O4. The first-order valence-corrected chi connectivity index (χ1v) is 4.97. The molecule has 0 saturated carbocycles. The zero-order valence-corrected chi connectivity index (χ0v) is 9.59. The van der Waals surface area contributed by atoms with Crippen molar-refractivity contribution in [3.8, 4) is 5.75 Å². The van der Waals surface area contributed by atoms with Crippen molar-refractivity contribution in [3.05, 3.63) is 28.8 Å². The lowest BCUT2D eigenvalue weighted by atomic mass is 10.2. The zero-order chi connectivity index (χ0) is 13.8. The summed E-state index contributed by atoms with van der Waals surface area (Å²) in [6.45, 7) is -2.18. The molecule has 4 nitrogen and oxygen atoms in total. The summed E-state index contributed by atoms with van der Waals surface area (Å²) in [5, 5.41) is 8.99. The molecule has 0 unspecified atom stereocenters. The summed E-state index contributed by atoms with van der Waals surface area (Å²) in [4.78, 5) is 10.8. The zero-order valence-electron chi connectivity index (χ0n) is 8.83. The normalized spacial score (nSPS) is 11.3. The molecule has 0 fully saturated rings. The molecule has 0 saturated heterocycles. The van der Waals surface area contributed by atoms with E-state index in [0.717, 1.165) is 6.07 Å². The Morgan fingerprint density at radius 1 is 1.39 bits per heavy atom. The summed E-state index contributed by atoms with van der Waals surface area (Å²) in [5.41, 5.74) is -0.252. The Bertz CT molecular complexity index is 434. The summed E-state index contributed by atoms with van der Waals surface area (Å²) < 4.78 is 44.2. The molecule has 0 aromatic heterocycles. The lowest BCUT2D eigenvalue weighted by Crippen LogP contribution is -2.19. The first-order valence-electron chi connectivity index (χ1n) is 4.60. The first kappa shape index (κ1) is 14.6. The van der Waals surface area contributed by atoms with Crippen molar-refractivity contribution in [3.63, 3.8) is 0 Å². The minimum atomic E-state index is -4.46. The molecule has 1 aromatic rings. The quantitative estimate of drug-likeness (QED) is 0.667. The highest BCUT2D eigenvalue weighted by Gasteiger charge is 2.27. The summed E-state index contributed by atoms with van der Waals surface area (Å²) in [7, 11) is 0. The number of ether oxygens (including phenoxy) is 2. The lowest BCUT2D eigenvalue weighted by molar-refractivity contribution is -0.186. The second-order valence-corrected chi connectivity index (χ2v) is 3.61. The van der Waals surface area contributed by atoms with E-state index in [1.165, 1.54) is 12.1 Å². The number of aromatic carboxylic acids is 1. The minimum Gasteiger partial charge on any atom is -0.478 e. The van der Waals surface area contributed by atoms with Gasteiger partial charge in [0.1, 0.15) is 17.9 Å². The van der Waals surface area contributed by atoms with Crippen LogP contribution in [0.1, 0.15) is 10.4 Å². The number of hydrogen-bond acceptors (Lipinski definition) is 3. The van der Waals surface area contributed by atoms with Crippen molar-refractivity contribution >= 4 is 17.6 Å². The van der Waals surface area contributed by atoms with Crippen molar-refractivity contribution in [2.24, 2.45) is 0 Å². The molecule has 0 radical (unpaired) electrons. The van der Waals surface area contributed by atoms with Crippen molar-refractivity contribution in [1.82, 2.24) is 0 Å². The number of carboxylic acid groups (broad SMARTS) is 1. The molecule has 0 heterocycles. The van der Waals surface area contributed by atoms with E-state index >= 15 is 0 Å². The van der Waals surface area contributed by atoms with Crippen LogP contribution in [0.5, 0.6) is 5.75 Å². The van der Waals surface area contributed by atoms with Gasteiger partial charge in [0.15, 0.2) is 6.79 Å². The van der Waals surface area contributed by atoms with E-state index < -0.39 is 25.5 Å². The molecule has 18 heavy (non-hydrogen) atoms. The number of carbonyl (C=O) groups is 1. The Morgan fingerprint density at radius 2 is 2.06 bits per heavy atom. The van der Waals surface area contributed by atoms with Gasteiger partial charge in [-0.05, 0) is 18.2 Å². The van der Waals surface area contributed by atoms with E-state index in [1.807, 2.05) is 0 Å². The summed E-state index contributed by atoms with van der Waals surface area (Å²) in [6.07, 6.45) is -4.46. The Hall–Kier alpha value is -1.47. The van der Waals surface area contributed by atoms with Gasteiger partial charge in [-0.2, -0.15) is 13.2 Å². The number of hydrogen-bond donors (Lipinski definition) is 1. The summed E-state index contributed by atoms with van der Waals surface area (Å²) >= 11 is 5.58. The van der Waals surface area contributed by atoms with Gasteiger partial charge in [-0.25, -0.2) is 4.79 Å². The maximum absolute atomic E-state index is 11.7. The second-order valence-electron chi connectivity index (χ2n) is 3.17. The number of carboxylic acids is 1. The van der Waals surface area contributed by atoms with E-state index in [9.17, 15) is 18.0 Å². The molecule has 0 aliphatic rings. The van der Waals surface area contributed by atoms with Gasteiger partial charge in [-0.3, -0.25) is 0 Å². The standard InChI is InChI=1S/C10H8ClF3O4/c11-6-1-2-8(7(3-6)9(15)16)18-5-17-4-10(12,13)14/h1-3H,4-5H2,(H,15,16). The highest BCUT2D eigenvalue weighted by molar-refractivity contribution is 6.31. The van der Waals surface area contributed by atoms with Gasteiger partial charge in [0.05, 0.1) is 0 Å². The van der Waals surface area contributed by atoms with Crippen LogP contribution in [0, 0.1) is 0 Å². The molecule has 0 spiro atoms. The second kappa shape index (κ2) is 5.92. The molecule has 0 amide bonds. The van der Waals surface area contributed by atoms with Crippen molar-refractivity contribution in [2.45, 2.75) is 6.18 Å². The molecule has 100 valence electrons. The van der Waals surface area contributed by atoms with Crippen LogP contribution < -0.4 is 4.74 Å². The average Bonchev–Trinajstić information content (AvgIpc) is 2.24. The van der Waals surface area contributed by atoms with E-state index in [-0.39, 0.29) is 16.3 Å². The Balaban J connectivity index is 2.59. The highest BCUT2D eigenvalue weighted by atomic mass is 35.5. The third-order valence-corrected chi connectivity index (χ3v) is 1.97. The van der Waals surface area contributed by atoms with Gasteiger partial charge >= 0.3 is 12.1 Å². The van der Waals surface area contributed by atoms with Crippen molar-refractivity contribution < 1.29 is 32.5 Å². The Labute approximate surface area is 105 Å². The highest BCUT2D eigenvalue weighted by Crippen LogP contribution is 2.23. The van der Waals surface area contributed by atoms with Gasteiger partial charge in [0, 0.05) is 5.02 Å². The van der Waals surface area contributed by atoms with E-state index in [4.69, 9.17) is 21.4 Å². The number of halogens is 4. The fourth-order valence-corrected chi connectivity index (χ4v) is 1.23. The lowest BCUT2D eigenvalue weighted by Gasteiger charge is -2.11. The largest absolute Gasteiger partial charge is 0.478 e. The molecule has 0 aliphatic heterocycles. The van der Waals surface area contributed by atoms with E-state index in [0.29, 0.717) is 0 Å². The van der Waals surface area contributed by atoms with Crippen LogP contribution in [0.15, 0.2) is 18.2 Å². The monoisotopic (exact) mass is 284 g/mol. The maximum atomic E-state index is 11.7. The number of benzene rings is 1. The maximum Gasteiger partial charge on any atom is 0.411 e. The molecule has 1 aromatic carbocycles. The van der Waals surface area contributed by atoms with Gasteiger partial charge < -0.3 is 14.6 Å². The predicted molar refractivity (Wildman–Crippen MR) is 55.9 cm³/mol. The number of alkyl halides is 3. The van der Waals surface area contributed by atoms with Crippen LogP contribution in [0.2, 0.25) is 5.02 Å². The molecule has 0 atom stereocenters. The fourth-order valence-electron chi connectivity index (χ4n) is 1.06. The van der Waals surface area contributed by atoms with Gasteiger partial charge in [-0.1, -0.05) is 11.6 Å². The molecular weight excluding hydrogens is 277 g/mol. The van der Waals surface area contributed by atoms with Crippen molar-refractivity contribution in [2.75, 3.05) is 13.4 Å². The Morgan fingerprint density at radius 3 is 2.61 bits per heavy atom. The van der Waals surface area contributed by atoms with Crippen LogP contribution in [0.25, 0.3) is 0 Å². The first-order chi connectivity index (χ1) is 8.29. The molecule has 0 bridgehead atoms. The average molecular weight is 285 g/mol.